The van der Waals surface area contributed by atoms with Gasteiger partial charge in [-0.15, -0.1) is 0 Å². The van der Waals surface area contributed by atoms with Gasteiger partial charge >= 0.3 is 5.69 Å². The zero-order valence-electron chi connectivity index (χ0n) is 15.1. The Morgan fingerprint density at radius 1 is 1.07 bits per heavy atom. The molecule has 0 aliphatic carbocycles. The molecule has 9 nitrogen and oxygen atoms in total. The van der Waals surface area contributed by atoms with E-state index in [1.54, 1.807) is 24.0 Å². The molecule has 1 aliphatic rings. The Bertz CT molecular complexity index is 1280. The van der Waals surface area contributed by atoms with E-state index in [0.717, 1.165) is 15.7 Å². The molecule has 1 saturated heterocycles. The lowest BCUT2D eigenvalue weighted by molar-refractivity contribution is -0.115. The number of nitrogens with one attached hydrogen (secondary N) is 2. The van der Waals surface area contributed by atoms with Crippen molar-refractivity contribution in [3.8, 4) is 0 Å². The second kappa shape index (κ2) is 6.57. The molecule has 28 heavy (non-hydrogen) atoms. The van der Waals surface area contributed by atoms with Crippen molar-refractivity contribution in [1.82, 2.24) is 29.3 Å². The molecule has 0 bridgehead atoms. The molecule has 3 heterocycles. The molecule has 1 amide bonds. The predicted octanol–water partition coefficient (Wildman–Crippen LogP) is -0.173. The predicted molar refractivity (Wildman–Crippen MR) is 108 cm³/mol. The number of hydrogen-bond acceptors (Lipinski definition) is 5. The monoisotopic (exact) mass is 396 g/mol. The Kier molecular flexibility index (Phi) is 4.19. The van der Waals surface area contributed by atoms with E-state index in [1.807, 2.05) is 24.3 Å². The summed E-state index contributed by atoms with van der Waals surface area (Å²) in [6, 6.07) is 7.53. The topological polar surface area (TPSA) is 103 Å². The number of aryl methyl sites for hydroxylation is 1. The highest BCUT2D eigenvalue weighted by Crippen LogP contribution is 2.13. The summed E-state index contributed by atoms with van der Waals surface area (Å²) in [6.45, 7) is 0.420. The molecule has 0 spiro atoms. The average molecular weight is 396 g/mol. The van der Waals surface area contributed by atoms with E-state index >= 15 is 0 Å². The molecule has 0 atom stereocenters. The summed E-state index contributed by atoms with van der Waals surface area (Å²) in [7, 11) is 3.03. The highest BCUT2D eigenvalue weighted by Gasteiger charge is 2.19. The van der Waals surface area contributed by atoms with Crippen LogP contribution in [0.3, 0.4) is 0 Å². The van der Waals surface area contributed by atoms with Crippen LogP contribution < -0.4 is 21.9 Å². The zero-order chi connectivity index (χ0) is 20.0. The molecule has 0 saturated carbocycles. The van der Waals surface area contributed by atoms with Crippen LogP contribution in [0.1, 0.15) is 11.1 Å². The molecule has 0 radical (unpaired) electrons. The molecular weight excluding hydrogens is 380 g/mol. The molecule has 1 aromatic carbocycles. The minimum Gasteiger partial charge on any atom is -0.328 e. The molecule has 2 aromatic heterocycles. The van der Waals surface area contributed by atoms with Crippen LogP contribution in [0.2, 0.25) is 0 Å². The fourth-order valence-electron chi connectivity index (χ4n) is 3.08. The van der Waals surface area contributed by atoms with E-state index < -0.39 is 5.69 Å². The quantitative estimate of drug-likeness (QED) is 0.471. The standard InChI is InChI=1S/C18H16N6O3S/c1-22-14-13(16(26)23(2)18(22)27)24(9-19-14)8-11-5-3-10(4-6-11)7-12-15(25)21-17(28)20-12/h3-7,9H,8H2,1-2H3,(H2,20,21,25,28)/b12-7-. The SMILES string of the molecule is Cn1c(=O)c2c(ncn2Cc2ccc(/C=C3\NC(=S)NC3=O)cc2)n(C)c1=O. The van der Waals surface area contributed by atoms with Crippen LogP contribution in [0.15, 0.2) is 45.9 Å². The molecule has 1 fully saturated rings. The number of carbonyl (C=O) groups is 1. The van der Waals surface area contributed by atoms with Gasteiger partial charge in [-0.05, 0) is 29.4 Å². The summed E-state index contributed by atoms with van der Waals surface area (Å²) < 4.78 is 4.14. The van der Waals surface area contributed by atoms with Crippen LogP contribution in [-0.2, 0) is 25.4 Å². The number of aromatic nitrogens is 4. The van der Waals surface area contributed by atoms with Gasteiger partial charge in [-0.1, -0.05) is 24.3 Å². The zero-order valence-corrected chi connectivity index (χ0v) is 15.9. The Hall–Kier alpha value is -3.53. The van der Waals surface area contributed by atoms with Gasteiger partial charge in [-0.25, -0.2) is 9.78 Å². The molecule has 2 N–H and O–H groups in total. The molecule has 142 valence electrons. The van der Waals surface area contributed by atoms with E-state index in [-0.39, 0.29) is 16.6 Å². The number of rotatable bonds is 3. The summed E-state index contributed by atoms with van der Waals surface area (Å²) in [5.41, 5.74) is 2.09. The first-order chi connectivity index (χ1) is 13.3. The number of imidazole rings is 1. The normalized spacial score (nSPS) is 15.3. The van der Waals surface area contributed by atoms with Crippen LogP contribution in [0.5, 0.6) is 0 Å². The minimum atomic E-state index is -0.413. The average Bonchev–Trinajstić information content (AvgIpc) is 3.22. The van der Waals surface area contributed by atoms with Gasteiger partial charge in [-0.2, -0.15) is 0 Å². The third kappa shape index (κ3) is 2.93. The third-order valence-electron chi connectivity index (χ3n) is 4.58. The summed E-state index contributed by atoms with van der Waals surface area (Å²) in [6.07, 6.45) is 3.26. The van der Waals surface area contributed by atoms with Crippen molar-refractivity contribution in [3.63, 3.8) is 0 Å². The third-order valence-corrected chi connectivity index (χ3v) is 4.78. The smallest absolute Gasteiger partial charge is 0.328 e. The highest BCUT2D eigenvalue weighted by molar-refractivity contribution is 7.80. The van der Waals surface area contributed by atoms with E-state index in [1.165, 1.54) is 11.6 Å². The van der Waals surface area contributed by atoms with Gasteiger partial charge < -0.3 is 9.88 Å². The van der Waals surface area contributed by atoms with Gasteiger partial charge in [0.15, 0.2) is 16.3 Å². The summed E-state index contributed by atoms with van der Waals surface area (Å²) >= 11 is 4.91. The van der Waals surface area contributed by atoms with Crippen molar-refractivity contribution in [2.75, 3.05) is 0 Å². The Balaban J connectivity index is 1.65. The minimum absolute atomic E-state index is 0.264. The number of carbonyl (C=O) groups excluding carboxylic acids is 1. The number of amides is 1. The summed E-state index contributed by atoms with van der Waals surface area (Å²) in [5.74, 6) is -0.264. The van der Waals surface area contributed by atoms with Gasteiger partial charge in [0, 0.05) is 20.6 Å². The van der Waals surface area contributed by atoms with Crippen molar-refractivity contribution in [1.29, 1.82) is 0 Å². The van der Waals surface area contributed by atoms with Crippen molar-refractivity contribution >= 4 is 40.5 Å². The molecule has 4 rings (SSSR count). The Labute approximate surface area is 163 Å². The lowest BCUT2D eigenvalue weighted by Crippen LogP contribution is -2.37. The van der Waals surface area contributed by atoms with Crippen molar-refractivity contribution < 1.29 is 4.79 Å². The first-order valence-electron chi connectivity index (χ1n) is 8.39. The van der Waals surface area contributed by atoms with Crippen LogP contribution in [0.25, 0.3) is 17.2 Å². The molecule has 10 heteroatoms. The van der Waals surface area contributed by atoms with E-state index in [9.17, 15) is 14.4 Å². The van der Waals surface area contributed by atoms with Crippen LogP contribution in [0, 0.1) is 0 Å². The largest absolute Gasteiger partial charge is 0.332 e. The number of thiocarbonyl (C=S) groups is 1. The number of fused-ring (bicyclic) bond motifs is 1. The van der Waals surface area contributed by atoms with Gasteiger partial charge in [0.25, 0.3) is 11.5 Å². The van der Waals surface area contributed by atoms with Gasteiger partial charge in [0.2, 0.25) is 0 Å². The molecule has 0 unspecified atom stereocenters. The Morgan fingerprint density at radius 3 is 2.43 bits per heavy atom. The lowest BCUT2D eigenvalue weighted by Gasteiger charge is -2.07. The van der Waals surface area contributed by atoms with Crippen LogP contribution in [0.4, 0.5) is 0 Å². The van der Waals surface area contributed by atoms with Crippen molar-refractivity contribution in [3.05, 3.63) is 68.3 Å². The fourth-order valence-corrected chi connectivity index (χ4v) is 3.28. The van der Waals surface area contributed by atoms with Gasteiger partial charge in [0.05, 0.1) is 6.33 Å². The lowest BCUT2D eigenvalue weighted by atomic mass is 10.1. The second-order valence-corrected chi connectivity index (χ2v) is 6.87. The first kappa shape index (κ1) is 17.9. The van der Waals surface area contributed by atoms with Crippen LogP contribution >= 0.6 is 12.2 Å². The second-order valence-electron chi connectivity index (χ2n) is 6.46. The van der Waals surface area contributed by atoms with Crippen molar-refractivity contribution in [2.45, 2.75) is 6.54 Å². The van der Waals surface area contributed by atoms with E-state index in [2.05, 4.69) is 15.6 Å². The Morgan fingerprint density at radius 2 is 1.79 bits per heavy atom. The number of nitrogens with zero attached hydrogens (tertiary/aromatic N) is 4. The van der Waals surface area contributed by atoms with E-state index in [4.69, 9.17) is 12.2 Å². The summed E-state index contributed by atoms with van der Waals surface area (Å²) in [5, 5.41) is 5.60. The van der Waals surface area contributed by atoms with Crippen LogP contribution in [-0.4, -0.2) is 29.7 Å². The molecule has 3 aromatic rings. The maximum absolute atomic E-state index is 12.5. The highest BCUT2D eigenvalue weighted by atomic mass is 32.1. The maximum atomic E-state index is 12.5. The van der Waals surface area contributed by atoms with Gasteiger partial charge in [0.1, 0.15) is 5.70 Å². The van der Waals surface area contributed by atoms with E-state index in [0.29, 0.717) is 23.4 Å². The fraction of sp³-hybridized carbons (Fsp3) is 0.167. The molecule has 1 aliphatic heterocycles. The van der Waals surface area contributed by atoms with Crippen molar-refractivity contribution in [2.24, 2.45) is 14.1 Å². The number of benzene rings is 1. The summed E-state index contributed by atoms with van der Waals surface area (Å²) in [4.78, 5) is 40.5. The first-order valence-corrected chi connectivity index (χ1v) is 8.80. The number of hydrogen-bond donors (Lipinski definition) is 2. The maximum Gasteiger partial charge on any atom is 0.332 e. The molecular formula is C18H16N6O3S. The van der Waals surface area contributed by atoms with Gasteiger partial charge in [-0.3, -0.25) is 24.0 Å².